The normalized spacial score (nSPS) is 11.9. The summed E-state index contributed by atoms with van der Waals surface area (Å²) < 4.78 is 27.9. The van der Waals surface area contributed by atoms with Crippen molar-refractivity contribution in [2.24, 2.45) is 0 Å². The summed E-state index contributed by atoms with van der Waals surface area (Å²) in [7, 11) is -1.92. The molecule has 0 spiro atoms. The highest BCUT2D eigenvalue weighted by Gasteiger charge is 2.15. The van der Waals surface area contributed by atoms with E-state index in [1.807, 2.05) is 4.57 Å². The van der Waals surface area contributed by atoms with Crippen LogP contribution in [0.25, 0.3) is 0 Å². The van der Waals surface area contributed by atoms with Gasteiger partial charge in [0.15, 0.2) is 0 Å². The van der Waals surface area contributed by atoms with E-state index in [0.717, 1.165) is 31.6 Å². The fourth-order valence-electron chi connectivity index (χ4n) is 1.78. The number of rotatable bonds is 8. The average Bonchev–Trinajstić information content (AvgIpc) is 2.74. The van der Waals surface area contributed by atoms with Crippen LogP contribution < -0.4 is 10.0 Å². The van der Waals surface area contributed by atoms with Gasteiger partial charge < -0.3 is 9.88 Å². The summed E-state index contributed by atoms with van der Waals surface area (Å²) in [5.74, 6) is 0. The maximum atomic E-state index is 11.8. The SMILES string of the molecule is CCCNCc1cc(S(=O)(=O)NC)cn1CCC. The van der Waals surface area contributed by atoms with Crippen LogP contribution in [0.3, 0.4) is 0 Å². The van der Waals surface area contributed by atoms with Crippen molar-refractivity contribution in [1.29, 1.82) is 0 Å². The van der Waals surface area contributed by atoms with Gasteiger partial charge in [0.05, 0.1) is 4.90 Å². The molecule has 2 N–H and O–H groups in total. The van der Waals surface area contributed by atoms with Crippen molar-refractivity contribution in [2.75, 3.05) is 13.6 Å². The van der Waals surface area contributed by atoms with E-state index in [1.165, 1.54) is 7.05 Å². The standard InChI is InChI=1S/C12H23N3O2S/c1-4-6-14-9-11-8-12(18(16,17)13-3)10-15(11)7-5-2/h8,10,13-14H,4-7,9H2,1-3H3. The lowest BCUT2D eigenvalue weighted by molar-refractivity contribution is 0.586. The molecular formula is C12H23N3O2S. The molecular weight excluding hydrogens is 250 g/mol. The molecule has 0 fully saturated rings. The Morgan fingerprint density at radius 3 is 2.56 bits per heavy atom. The second-order valence-corrected chi connectivity index (χ2v) is 6.13. The average molecular weight is 273 g/mol. The Morgan fingerprint density at radius 1 is 1.28 bits per heavy atom. The van der Waals surface area contributed by atoms with Crippen molar-refractivity contribution in [3.05, 3.63) is 18.0 Å². The highest BCUT2D eigenvalue weighted by molar-refractivity contribution is 7.89. The summed E-state index contributed by atoms with van der Waals surface area (Å²) in [4.78, 5) is 0.340. The van der Waals surface area contributed by atoms with Crippen LogP contribution in [-0.2, 0) is 23.1 Å². The molecule has 104 valence electrons. The predicted octanol–water partition coefficient (Wildman–Crippen LogP) is 1.31. The van der Waals surface area contributed by atoms with E-state index in [0.29, 0.717) is 11.4 Å². The minimum absolute atomic E-state index is 0.340. The van der Waals surface area contributed by atoms with Crippen molar-refractivity contribution in [3.63, 3.8) is 0 Å². The van der Waals surface area contributed by atoms with Gasteiger partial charge in [-0.25, -0.2) is 13.1 Å². The molecule has 0 aliphatic rings. The molecule has 1 heterocycles. The van der Waals surface area contributed by atoms with Crippen LogP contribution in [0.15, 0.2) is 17.2 Å². The van der Waals surface area contributed by atoms with Crippen LogP contribution in [0.1, 0.15) is 32.4 Å². The molecule has 0 bridgehead atoms. The molecule has 0 aliphatic carbocycles. The van der Waals surface area contributed by atoms with E-state index in [1.54, 1.807) is 12.3 Å². The molecule has 0 unspecified atom stereocenters. The van der Waals surface area contributed by atoms with Crippen molar-refractivity contribution < 1.29 is 8.42 Å². The zero-order valence-electron chi connectivity index (χ0n) is 11.4. The first kappa shape index (κ1) is 15.2. The van der Waals surface area contributed by atoms with Gasteiger partial charge in [0, 0.05) is 25.0 Å². The number of aryl methyl sites for hydroxylation is 1. The van der Waals surface area contributed by atoms with E-state index >= 15 is 0 Å². The van der Waals surface area contributed by atoms with Gasteiger partial charge in [-0.3, -0.25) is 0 Å². The summed E-state index contributed by atoms with van der Waals surface area (Å²) in [6.45, 7) is 6.66. The number of sulfonamides is 1. The molecule has 5 nitrogen and oxygen atoms in total. The Kier molecular flexibility index (Phi) is 5.84. The number of hydrogen-bond acceptors (Lipinski definition) is 3. The summed E-state index contributed by atoms with van der Waals surface area (Å²) in [6.07, 6.45) is 3.75. The Balaban J connectivity index is 2.93. The third-order valence-corrected chi connectivity index (χ3v) is 4.12. The molecule has 1 aromatic rings. The van der Waals surface area contributed by atoms with E-state index in [-0.39, 0.29) is 0 Å². The van der Waals surface area contributed by atoms with Gasteiger partial charge in [-0.2, -0.15) is 0 Å². The molecule has 1 rings (SSSR count). The Bertz CT molecular complexity index is 466. The van der Waals surface area contributed by atoms with E-state index in [9.17, 15) is 8.42 Å². The molecule has 0 radical (unpaired) electrons. The Hall–Kier alpha value is -0.850. The second kappa shape index (κ2) is 6.92. The van der Waals surface area contributed by atoms with Crippen LogP contribution >= 0.6 is 0 Å². The van der Waals surface area contributed by atoms with E-state index in [2.05, 4.69) is 23.9 Å². The summed E-state index contributed by atoms with van der Waals surface area (Å²) in [5, 5.41) is 3.30. The van der Waals surface area contributed by atoms with Crippen LogP contribution in [0.2, 0.25) is 0 Å². The largest absolute Gasteiger partial charge is 0.349 e. The van der Waals surface area contributed by atoms with E-state index < -0.39 is 10.0 Å². The number of nitrogens with one attached hydrogen (secondary N) is 2. The van der Waals surface area contributed by atoms with Gasteiger partial charge in [-0.1, -0.05) is 13.8 Å². The highest BCUT2D eigenvalue weighted by Crippen LogP contribution is 2.14. The molecule has 0 atom stereocenters. The van der Waals surface area contributed by atoms with Gasteiger partial charge in [0.25, 0.3) is 0 Å². The molecule has 0 saturated heterocycles. The molecule has 18 heavy (non-hydrogen) atoms. The van der Waals surface area contributed by atoms with Crippen molar-refractivity contribution in [2.45, 2.75) is 44.7 Å². The van der Waals surface area contributed by atoms with Crippen LogP contribution in [0, 0.1) is 0 Å². The lowest BCUT2D eigenvalue weighted by Gasteiger charge is -2.07. The topological polar surface area (TPSA) is 63.1 Å². The predicted molar refractivity (Wildman–Crippen MR) is 73.0 cm³/mol. The smallest absolute Gasteiger partial charge is 0.241 e. The number of nitrogens with zero attached hydrogens (tertiary/aromatic N) is 1. The zero-order valence-corrected chi connectivity index (χ0v) is 12.2. The van der Waals surface area contributed by atoms with Crippen molar-refractivity contribution in [3.8, 4) is 0 Å². The number of hydrogen-bond donors (Lipinski definition) is 2. The summed E-state index contributed by atoms with van der Waals surface area (Å²) in [6, 6.07) is 1.74. The monoisotopic (exact) mass is 273 g/mol. The lowest BCUT2D eigenvalue weighted by atomic mass is 10.4. The van der Waals surface area contributed by atoms with Gasteiger partial charge in [0.1, 0.15) is 0 Å². The first-order chi connectivity index (χ1) is 8.55. The lowest BCUT2D eigenvalue weighted by Crippen LogP contribution is -2.18. The van der Waals surface area contributed by atoms with E-state index in [4.69, 9.17) is 0 Å². The summed E-state index contributed by atoms with van der Waals surface area (Å²) >= 11 is 0. The van der Waals surface area contributed by atoms with Crippen LogP contribution in [0.5, 0.6) is 0 Å². The first-order valence-corrected chi connectivity index (χ1v) is 7.86. The molecule has 6 heteroatoms. The van der Waals surface area contributed by atoms with Gasteiger partial charge in [0.2, 0.25) is 10.0 Å². The maximum absolute atomic E-state index is 11.8. The highest BCUT2D eigenvalue weighted by atomic mass is 32.2. The minimum atomic E-state index is -3.35. The van der Waals surface area contributed by atoms with Gasteiger partial charge in [-0.15, -0.1) is 0 Å². The van der Waals surface area contributed by atoms with Gasteiger partial charge >= 0.3 is 0 Å². The maximum Gasteiger partial charge on any atom is 0.241 e. The second-order valence-electron chi connectivity index (χ2n) is 4.24. The third kappa shape index (κ3) is 3.83. The minimum Gasteiger partial charge on any atom is -0.349 e. The fraction of sp³-hybridized carbons (Fsp3) is 0.667. The van der Waals surface area contributed by atoms with Crippen LogP contribution in [0.4, 0.5) is 0 Å². The zero-order chi connectivity index (χ0) is 13.6. The quantitative estimate of drug-likeness (QED) is 0.702. The molecule has 1 aromatic heterocycles. The molecule has 0 amide bonds. The van der Waals surface area contributed by atoms with Crippen LogP contribution in [-0.4, -0.2) is 26.6 Å². The Labute approximate surface area is 110 Å². The Morgan fingerprint density at radius 2 is 2.00 bits per heavy atom. The molecule has 0 aromatic carbocycles. The van der Waals surface area contributed by atoms with Crippen molar-refractivity contribution >= 4 is 10.0 Å². The fourth-order valence-corrected chi connectivity index (χ4v) is 2.57. The van der Waals surface area contributed by atoms with Gasteiger partial charge in [-0.05, 0) is 32.5 Å². The molecule has 0 aliphatic heterocycles. The summed E-state index contributed by atoms with van der Waals surface area (Å²) in [5.41, 5.74) is 1.01. The number of aromatic nitrogens is 1. The third-order valence-electron chi connectivity index (χ3n) is 2.74. The van der Waals surface area contributed by atoms with Crippen molar-refractivity contribution in [1.82, 2.24) is 14.6 Å². The first-order valence-electron chi connectivity index (χ1n) is 6.38. The molecule has 0 saturated carbocycles.